The maximum absolute atomic E-state index is 11.9. The van der Waals surface area contributed by atoms with Gasteiger partial charge in [-0.25, -0.2) is 4.79 Å². The molecule has 1 heterocycles. The molecule has 0 spiro atoms. The Bertz CT molecular complexity index is 474. The van der Waals surface area contributed by atoms with Crippen LogP contribution in [0.15, 0.2) is 35.2 Å². The normalized spacial score (nSPS) is 19.7. The van der Waals surface area contributed by atoms with Crippen LogP contribution in [-0.4, -0.2) is 42.0 Å². The summed E-state index contributed by atoms with van der Waals surface area (Å²) in [6.07, 6.45) is 1.60. The minimum absolute atomic E-state index is 0.151. The lowest BCUT2D eigenvalue weighted by molar-refractivity contribution is -0.144. The number of nitrogens with one attached hydrogen (secondary N) is 1. The Kier molecular flexibility index (Phi) is 6.07. The standard InChI is InChI=1S/C15H19NO4S/c17-13(10-21-12-6-2-1-3-7-12)16-14(15(18)19)11-5-4-8-20-9-11/h1-3,6-7,11,14H,4-5,8-10H2,(H,16,17)(H,18,19). The van der Waals surface area contributed by atoms with Crippen LogP contribution in [0.2, 0.25) is 0 Å². The average molecular weight is 309 g/mol. The van der Waals surface area contributed by atoms with Crippen molar-refractivity contribution in [3.05, 3.63) is 30.3 Å². The molecule has 1 saturated heterocycles. The number of aliphatic carboxylic acids is 1. The highest BCUT2D eigenvalue weighted by Gasteiger charge is 2.31. The van der Waals surface area contributed by atoms with Crippen LogP contribution in [0.3, 0.4) is 0 Å². The summed E-state index contributed by atoms with van der Waals surface area (Å²) in [6.45, 7) is 1.06. The van der Waals surface area contributed by atoms with E-state index in [0.717, 1.165) is 17.7 Å². The zero-order valence-corrected chi connectivity index (χ0v) is 12.5. The van der Waals surface area contributed by atoms with Gasteiger partial charge in [0.1, 0.15) is 6.04 Å². The fourth-order valence-corrected chi connectivity index (χ4v) is 3.02. The molecule has 114 valence electrons. The van der Waals surface area contributed by atoms with E-state index in [1.54, 1.807) is 0 Å². The summed E-state index contributed by atoms with van der Waals surface area (Å²) in [4.78, 5) is 24.3. The molecule has 1 aromatic rings. The van der Waals surface area contributed by atoms with E-state index in [0.29, 0.717) is 13.2 Å². The van der Waals surface area contributed by atoms with Crippen LogP contribution in [0.1, 0.15) is 12.8 Å². The molecule has 1 amide bonds. The number of carboxylic acid groups (broad SMARTS) is 1. The zero-order chi connectivity index (χ0) is 15.1. The van der Waals surface area contributed by atoms with Crippen LogP contribution in [0.4, 0.5) is 0 Å². The third kappa shape index (κ3) is 5.06. The van der Waals surface area contributed by atoms with Crippen molar-refractivity contribution in [3.63, 3.8) is 0 Å². The summed E-state index contributed by atoms with van der Waals surface area (Å²) in [5.41, 5.74) is 0. The number of carboxylic acids is 1. The van der Waals surface area contributed by atoms with Crippen molar-refractivity contribution in [2.24, 2.45) is 5.92 Å². The first kappa shape index (κ1) is 15.9. The van der Waals surface area contributed by atoms with Crippen molar-refractivity contribution in [1.82, 2.24) is 5.32 Å². The van der Waals surface area contributed by atoms with Gasteiger partial charge < -0.3 is 15.2 Å². The molecule has 2 atom stereocenters. The first-order chi connectivity index (χ1) is 10.2. The van der Waals surface area contributed by atoms with Crippen molar-refractivity contribution in [2.75, 3.05) is 19.0 Å². The van der Waals surface area contributed by atoms with Crippen LogP contribution in [0.25, 0.3) is 0 Å². The first-order valence-corrected chi connectivity index (χ1v) is 7.93. The Morgan fingerprint density at radius 1 is 1.38 bits per heavy atom. The monoisotopic (exact) mass is 309 g/mol. The minimum Gasteiger partial charge on any atom is -0.480 e. The number of carbonyl (C=O) groups is 2. The van der Waals surface area contributed by atoms with Crippen molar-refractivity contribution < 1.29 is 19.4 Å². The molecule has 1 aromatic carbocycles. The van der Waals surface area contributed by atoms with Crippen molar-refractivity contribution >= 4 is 23.6 Å². The van der Waals surface area contributed by atoms with Crippen molar-refractivity contribution in [1.29, 1.82) is 0 Å². The molecular formula is C15H19NO4S. The maximum Gasteiger partial charge on any atom is 0.326 e. The largest absolute Gasteiger partial charge is 0.480 e. The molecule has 1 aliphatic rings. The summed E-state index contributed by atoms with van der Waals surface area (Å²) in [6, 6.07) is 8.69. The highest BCUT2D eigenvalue weighted by atomic mass is 32.2. The number of amides is 1. The second kappa shape index (κ2) is 8.05. The molecule has 6 heteroatoms. The van der Waals surface area contributed by atoms with E-state index in [2.05, 4.69) is 5.32 Å². The molecule has 21 heavy (non-hydrogen) atoms. The molecule has 1 aliphatic heterocycles. The van der Waals surface area contributed by atoms with E-state index in [4.69, 9.17) is 4.74 Å². The summed E-state index contributed by atoms with van der Waals surface area (Å²) in [5.74, 6) is -1.20. The summed E-state index contributed by atoms with van der Waals surface area (Å²) >= 11 is 1.39. The van der Waals surface area contributed by atoms with Gasteiger partial charge in [-0.05, 0) is 25.0 Å². The number of benzene rings is 1. The second-order valence-corrected chi connectivity index (χ2v) is 6.01. The predicted octanol–water partition coefficient (Wildman–Crippen LogP) is 1.77. The summed E-state index contributed by atoms with van der Waals surface area (Å²) < 4.78 is 5.30. The molecule has 2 N–H and O–H groups in total. The Balaban J connectivity index is 1.84. The van der Waals surface area contributed by atoms with E-state index in [-0.39, 0.29) is 17.6 Å². The predicted molar refractivity (Wildman–Crippen MR) is 80.3 cm³/mol. The van der Waals surface area contributed by atoms with Crippen molar-refractivity contribution in [3.8, 4) is 0 Å². The van der Waals surface area contributed by atoms with Crippen LogP contribution < -0.4 is 5.32 Å². The van der Waals surface area contributed by atoms with Gasteiger partial charge in [0.2, 0.25) is 5.91 Å². The third-order valence-corrected chi connectivity index (χ3v) is 4.37. The van der Waals surface area contributed by atoms with Crippen LogP contribution in [0, 0.1) is 5.92 Å². The van der Waals surface area contributed by atoms with Gasteiger partial charge in [0.25, 0.3) is 0 Å². The Labute approximate surface area is 128 Å². The number of thioether (sulfide) groups is 1. The molecule has 5 nitrogen and oxygen atoms in total. The van der Waals surface area contributed by atoms with E-state index < -0.39 is 12.0 Å². The fourth-order valence-electron chi connectivity index (χ4n) is 2.29. The lowest BCUT2D eigenvalue weighted by Gasteiger charge is -2.28. The van der Waals surface area contributed by atoms with E-state index in [9.17, 15) is 14.7 Å². The number of hydrogen-bond donors (Lipinski definition) is 2. The Hall–Kier alpha value is -1.53. The van der Waals surface area contributed by atoms with Gasteiger partial charge in [0.15, 0.2) is 0 Å². The molecule has 0 saturated carbocycles. The van der Waals surface area contributed by atoms with Crippen molar-refractivity contribution in [2.45, 2.75) is 23.8 Å². The van der Waals surface area contributed by atoms with Gasteiger partial charge in [0.05, 0.1) is 12.4 Å². The molecular weight excluding hydrogens is 290 g/mol. The highest BCUT2D eigenvalue weighted by molar-refractivity contribution is 8.00. The molecule has 0 aliphatic carbocycles. The second-order valence-electron chi connectivity index (χ2n) is 4.96. The smallest absolute Gasteiger partial charge is 0.326 e. The molecule has 2 rings (SSSR count). The van der Waals surface area contributed by atoms with E-state index in [1.165, 1.54) is 11.8 Å². The van der Waals surface area contributed by atoms with Gasteiger partial charge >= 0.3 is 5.97 Å². The van der Waals surface area contributed by atoms with Gasteiger partial charge in [-0.15, -0.1) is 11.8 Å². The minimum atomic E-state index is -0.997. The number of rotatable bonds is 6. The maximum atomic E-state index is 11.9. The highest BCUT2D eigenvalue weighted by Crippen LogP contribution is 2.19. The van der Waals surface area contributed by atoms with Gasteiger partial charge in [0, 0.05) is 17.4 Å². The van der Waals surface area contributed by atoms with Gasteiger partial charge in [-0.1, -0.05) is 18.2 Å². The lowest BCUT2D eigenvalue weighted by atomic mass is 9.94. The Morgan fingerprint density at radius 3 is 2.76 bits per heavy atom. The van der Waals surface area contributed by atoms with Crippen LogP contribution >= 0.6 is 11.8 Å². The zero-order valence-electron chi connectivity index (χ0n) is 11.7. The van der Waals surface area contributed by atoms with Crippen LogP contribution in [0.5, 0.6) is 0 Å². The average Bonchev–Trinajstić information content (AvgIpc) is 2.52. The molecule has 0 bridgehead atoms. The molecule has 0 radical (unpaired) electrons. The molecule has 1 fully saturated rings. The quantitative estimate of drug-likeness (QED) is 0.783. The van der Waals surface area contributed by atoms with E-state index in [1.807, 2.05) is 30.3 Å². The van der Waals surface area contributed by atoms with E-state index >= 15 is 0 Å². The summed E-state index contributed by atoms with van der Waals surface area (Å²) in [7, 11) is 0. The van der Waals surface area contributed by atoms with Crippen LogP contribution in [-0.2, 0) is 14.3 Å². The third-order valence-electron chi connectivity index (χ3n) is 3.36. The number of hydrogen-bond acceptors (Lipinski definition) is 4. The van der Waals surface area contributed by atoms with Gasteiger partial charge in [-0.3, -0.25) is 4.79 Å². The topological polar surface area (TPSA) is 75.6 Å². The summed E-state index contributed by atoms with van der Waals surface area (Å²) in [5, 5.41) is 11.9. The SMILES string of the molecule is O=C(CSc1ccccc1)NC(C(=O)O)C1CCCOC1. The lowest BCUT2D eigenvalue weighted by Crippen LogP contribution is -2.48. The number of carbonyl (C=O) groups excluding carboxylic acids is 1. The Morgan fingerprint density at radius 2 is 2.14 bits per heavy atom. The number of ether oxygens (including phenoxy) is 1. The molecule has 2 unspecified atom stereocenters. The first-order valence-electron chi connectivity index (χ1n) is 6.94. The fraction of sp³-hybridized carbons (Fsp3) is 0.467. The molecule has 0 aromatic heterocycles. The van der Waals surface area contributed by atoms with Gasteiger partial charge in [-0.2, -0.15) is 0 Å².